The molecule has 0 bridgehead atoms. The number of methoxy groups -OCH3 is 1. The largest absolute Gasteiger partial charge is 0.497 e. The van der Waals surface area contributed by atoms with E-state index in [0.29, 0.717) is 37.6 Å². The molecule has 0 unspecified atom stereocenters. The van der Waals surface area contributed by atoms with Gasteiger partial charge in [-0.3, -0.25) is 14.4 Å². The second kappa shape index (κ2) is 11.9. The second-order valence-corrected chi connectivity index (χ2v) is 8.11. The van der Waals surface area contributed by atoms with E-state index in [1.807, 2.05) is 30.3 Å². The summed E-state index contributed by atoms with van der Waals surface area (Å²) in [6.45, 7) is 2.65. The topological polar surface area (TPSA) is 123 Å². The fourth-order valence-electron chi connectivity index (χ4n) is 3.70. The minimum absolute atomic E-state index is 0.0631. The van der Waals surface area contributed by atoms with Crippen molar-refractivity contribution < 1.29 is 23.9 Å². The van der Waals surface area contributed by atoms with Crippen molar-refractivity contribution in [3.05, 3.63) is 89.0 Å². The van der Waals surface area contributed by atoms with Gasteiger partial charge in [0, 0.05) is 37.8 Å². The first kappa shape index (κ1) is 24.8. The van der Waals surface area contributed by atoms with Gasteiger partial charge in [-0.1, -0.05) is 24.3 Å². The molecule has 10 heteroatoms. The van der Waals surface area contributed by atoms with Gasteiger partial charge in [-0.15, -0.1) is 0 Å². The van der Waals surface area contributed by atoms with E-state index in [-0.39, 0.29) is 30.4 Å². The van der Waals surface area contributed by atoms with Crippen LogP contribution in [-0.2, 0) is 17.8 Å². The van der Waals surface area contributed by atoms with Crippen molar-refractivity contribution in [2.24, 2.45) is 0 Å². The van der Waals surface area contributed by atoms with Gasteiger partial charge in [0.05, 0.1) is 20.3 Å². The molecule has 36 heavy (non-hydrogen) atoms. The maximum absolute atomic E-state index is 12.7. The first-order valence-corrected chi connectivity index (χ1v) is 11.5. The predicted octanol–water partition coefficient (Wildman–Crippen LogP) is 1.82. The summed E-state index contributed by atoms with van der Waals surface area (Å²) >= 11 is 0. The van der Waals surface area contributed by atoms with Gasteiger partial charge in [0.1, 0.15) is 23.5 Å². The quantitative estimate of drug-likeness (QED) is 0.495. The van der Waals surface area contributed by atoms with Gasteiger partial charge in [-0.2, -0.15) is 0 Å². The van der Waals surface area contributed by atoms with E-state index in [2.05, 4.69) is 20.6 Å². The summed E-state index contributed by atoms with van der Waals surface area (Å²) in [5.74, 6) is -0.252. The van der Waals surface area contributed by atoms with Crippen LogP contribution >= 0.6 is 0 Å². The highest BCUT2D eigenvalue weighted by atomic mass is 16.5. The molecule has 0 atom stereocenters. The van der Waals surface area contributed by atoms with Crippen LogP contribution in [0.1, 0.15) is 42.5 Å². The summed E-state index contributed by atoms with van der Waals surface area (Å²) in [5, 5.41) is 5.55. The number of carbonyl (C=O) groups excluding carboxylic acids is 3. The Morgan fingerprint density at radius 1 is 0.889 bits per heavy atom. The predicted molar refractivity (Wildman–Crippen MR) is 131 cm³/mol. The molecule has 1 aliphatic heterocycles. The molecule has 0 aliphatic carbocycles. The van der Waals surface area contributed by atoms with Crippen molar-refractivity contribution in [3.8, 4) is 5.75 Å². The van der Waals surface area contributed by atoms with Crippen LogP contribution in [0.4, 0.5) is 0 Å². The average molecular weight is 490 g/mol. The summed E-state index contributed by atoms with van der Waals surface area (Å²) in [5.41, 5.74) is 2.34. The summed E-state index contributed by atoms with van der Waals surface area (Å²) in [7, 11) is 1.58. The molecule has 2 aromatic carbocycles. The average Bonchev–Trinajstić information content (AvgIpc) is 2.95. The molecule has 186 valence electrons. The fraction of sp³-hybridized carbons (Fsp3) is 0.269. The molecular formula is C26H27N5O5. The van der Waals surface area contributed by atoms with Crippen LogP contribution in [0.15, 0.2) is 60.9 Å². The molecule has 1 saturated heterocycles. The lowest BCUT2D eigenvalue weighted by molar-refractivity contribution is 0.0303. The number of nitrogens with one attached hydrogen (secondary N) is 2. The SMILES string of the molecule is COc1cccc(CNC(=O)c2cc(C(=O)NCc3cccc(C(=O)N4CCOCC4)c3)ncn2)c1. The molecule has 1 aromatic heterocycles. The minimum atomic E-state index is -0.454. The lowest BCUT2D eigenvalue weighted by Gasteiger charge is -2.27. The Morgan fingerprint density at radius 3 is 2.14 bits per heavy atom. The summed E-state index contributed by atoms with van der Waals surface area (Å²) < 4.78 is 10.5. The second-order valence-electron chi connectivity index (χ2n) is 8.11. The van der Waals surface area contributed by atoms with E-state index >= 15 is 0 Å². The highest BCUT2D eigenvalue weighted by Crippen LogP contribution is 2.13. The summed E-state index contributed by atoms with van der Waals surface area (Å²) in [4.78, 5) is 47.7. The molecule has 3 aromatic rings. The third kappa shape index (κ3) is 6.42. The number of morpholine rings is 1. The Kier molecular flexibility index (Phi) is 8.20. The molecular weight excluding hydrogens is 462 g/mol. The number of benzene rings is 2. The summed E-state index contributed by atoms with van der Waals surface area (Å²) in [6, 6.07) is 15.8. The lowest BCUT2D eigenvalue weighted by Crippen LogP contribution is -2.40. The van der Waals surface area contributed by atoms with Crippen LogP contribution in [0.2, 0.25) is 0 Å². The third-order valence-corrected chi connectivity index (χ3v) is 5.64. The van der Waals surface area contributed by atoms with Gasteiger partial charge in [-0.25, -0.2) is 9.97 Å². The number of hydrogen-bond acceptors (Lipinski definition) is 7. The van der Waals surface area contributed by atoms with Crippen molar-refractivity contribution in [1.29, 1.82) is 0 Å². The highest BCUT2D eigenvalue weighted by molar-refractivity contribution is 5.97. The molecule has 1 fully saturated rings. The standard InChI is InChI=1S/C26H27N5O5/c1-35-21-7-3-5-19(13-21)16-28-25(33)23-14-22(29-17-30-23)24(32)27-15-18-4-2-6-20(12-18)26(34)31-8-10-36-11-9-31/h2-7,12-14,17H,8-11,15-16H2,1H3,(H,27,32)(H,28,33). The number of carbonyl (C=O) groups is 3. The molecule has 1 aliphatic rings. The first-order chi connectivity index (χ1) is 17.5. The van der Waals surface area contributed by atoms with Crippen LogP contribution in [0, 0.1) is 0 Å². The van der Waals surface area contributed by atoms with Crippen LogP contribution in [0.3, 0.4) is 0 Å². The lowest BCUT2D eigenvalue weighted by atomic mass is 10.1. The number of aromatic nitrogens is 2. The molecule has 0 spiro atoms. The summed E-state index contributed by atoms with van der Waals surface area (Å²) in [6.07, 6.45) is 1.18. The van der Waals surface area contributed by atoms with Crippen LogP contribution in [0.5, 0.6) is 5.75 Å². The van der Waals surface area contributed by atoms with E-state index < -0.39 is 11.8 Å². The molecule has 2 heterocycles. The monoisotopic (exact) mass is 489 g/mol. The maximum Gasteiger partial charge on any atom is 0.270 e. The van der Waals surface area contributed by atoms with Gasteiger partial charge in [0.2, 0.25) is 0 Å². The van der Waals surface area contributed by atoms with Crippen LogP contribution < -0.4 is 15.4 Å². The Morgan fingerprint density at radius 2 is 1.50 bits per heavy atom. The van der Waals surface area contributed by atoms with E-state index in [1.54, 1.807) is 30.2 Å². The zero-order chi connectivity index (χ0) is 25.3. The van der Waals surface area contributed by atoms with E-state index in [0.717, 1.165) is 11.1 Å². The van der Waals surface area contributed by atoms with Gasteiger partial charge >= 0.3 is 0 Å². The Bertz CT molecular complexity index is 1240. The Hall–Kier alpha value is -4.31. The zero-order valence-electron chi connectivity index (χ0n) is 19.9. The minimum Gasteiger partial charge on any atom is -0.497 e. The van der Waals surface area contributed by atoms with E-state index in [4.69, 9.17) is 9.47 Å². The number of rotatable bonds is 8. The molecule has 4 rings (SSSR count). The number of ether oxygens (including phenoxy) is 2. The smallest absolute Gasteiger partial charge is 0.270 e. The normalized spacial score (nSPS) is 13.1. The first-order valence-electron chi connectivity index (χ1n) is 11.5. The number of nitrogens with zero attached hydrogens (tertiary/aromatic N) is 3. The Labute approximate surface area is 208 Å². The van der Waals surface area contributed by atoms with E-state index in [9.17, 15) is 14.4 Å². The highest BCUT2D eigenvalue weighted by Gasteiger charge is 2.19. The van der Waals surface area contributed by atoms with Gasteiger partial charge in [0.15, 0.2) is 0 Å². The molecule has 0 radical (unpaired) electrons. The van der Waals surface area contributed by atoms with Crippen LogP contribution in [-0.4, -0.2) is 66.0 Å². The maximum atomic E-state index is 12.7. The fourth-order valence-corrected chi connectivity index (χ4v) is 3.70. The molecule has 0 saturated carbocycles. The zero-order valence-corrected chi connectivity index (χ0v) is 19.9. The van der Waals surface area contributed by atoms with Gasteiger partial charge < -0.3 is 25.0 Å². The van der Waals surface area contributed by atoms with E-state index in [1.165, 1.54) is 12.4 Å². The van der Waals surface area contributed by atoms with Crippen molar-refractivity contribution in [2.75, 3.05) is 33.4 Å². The van der Waals surface area contributed by atoms with Gasteiger partial charge in [-0.05, 0) is 35.4 Å². The van der Waals surface area contributed by atoms with Crippen LogP contribution in [0.25, 0.3) is 0 Å². The number of amides is 3. The third-order valence-electron chi connectivity index (χ3n) is 5.64. The molecule has 10 nitrogen and oxygen atoms in total. The molecule has 3 amide bonds. The van der Waals surface area contributed by atoms with Gasteiger partial charge in [0.25, 0.3) is 17.7 Å². The van der Waals surface area contributed by atoms with Crippen molar-refractivity contribution >= 4 is 17.7 Å². The van der Waals surface area contributed by atoms with Crippen molar-refractivity contribution in [2.45, 2.75) is 13.1 Å². The molecule has 2 N–H and O–H groups in total. The van der Waals surface area contributed by atoms with Crippen molar-refractivity contribution in [3.63, 3.8) is 0 Å². The number of hydrogen-bond donors (Lipinski definition) is 2. The Balaban J connectivity index is 1.34. The van der Waals surface area contributed by atoms with Crippen molar-refractivity contribution in [1.82, 2.24) is 25.5 Å².